The van der Waals surface area contributed by atoms with Gasteiger partial charge in [0, 0.05) is 7.05 Å². The predicted molar refractivity (Wildman–Crippen MR) is 72.0 cm³/mol. The first kappa shape index (κ1) is 13.7. The van der Waals surface area contributed by atoms with E-state index in [-0.39, 0.29) is 23.3 Å². The van der Waals surface area contributed by atoms with Gasteiger partial charge < -0.3 is 4.74 Å². The number of fused-ring (bicyclic) bond motifs is 1. The van der Waals surface area contributed by atoms with E-state index in [9.17, 15) is 8.78 Å². The Morgan fingerprint density at radius 3 is 2.90 bits per heavy atom. The van der Waals surface area contributed by atoms with Crippen molar-refractivity contribution in [3.05, 3.63) is 47.0 Å². The second-order valence-electron chi connectivity index (χ2n) is 4.28. The van der Waals surface area contributed by atoms with Gasteiger partial charge in [-0.1, -0.05) is 17.7 Å². The summed E-state index contributed by atoms with van der Waals surface area (Å²) in [6, 6.07) is 3.69. The van der Waals surface area contributed by atoms with Crippen LogP contribution in [-0.2, 0) is 13.7 Å². The van der Waals surface area contributed by atoms with Gasteiger partial charge in [-0.05, 0) is 12.1 Å². The van der Waals surface area contributed by atoms with Crippen molar-refractivity contribution < 1.29 is 13.5 Å². The van der Waals surface area contributed by atoms with Gasteiger partial charge in [0.2, 0.25) is 5.82 Å². The van der Waals surface area contributed by atoms with Gasteiger partial charge in [0.15, 0.2) is 23.0 Å². The zero-order valence-electron chi connectivity index (χ0n) is 10.8. The molecule has 0 saturated heterocycles. The molecule has 3 aromatic rings. The molecule has 2 heterocycles. The first-order valence-corrected chi connectivity index (χ1v) is 6.35. The highest BCUT2D eigenvalue weighted by Crippen LogP contribution is 2.22. The number of nitrogens with zero attached hydrogens (tertiary/aromatic N) is 4. The third-order valence-corrected chi connectivity index (χ3v) is 3.15. The number of ether oxygens (including phenoxy) is 1. The van der Waals surface area contributed by atoms with Crippen LogP contribution in [0.1, 0.15) is 5.82 Å². The van der Waals surface area contributed by atoms with E-state index in [1.165, 1.54) is 16.8 Å². The molecule has 5 nitrogen and oxygen atoms in total. The van der Waals surface area contributed by atoms with E-state index in [2.05, 4.69) is 15.1 Å². The molecule has 0 atom stereocenters. The molecule has 0 aliphatic heterocycles. The third-order valence-electron chi connectivity index (χ3n) is 2.86. The van der Waals surface area contributed by atoms with Gasteiger partial charge in [-0.15, -0.1) is 0 Å². The lowest BCUT2D eigenvalue weighted by Gasteiger charge is -2.07. The maximum Gasteiger partial charge on any atom is 0.200 e. The number of halogens is 3. The topological polar surface area (TPSA) is 52.8 Å². The van der Waals surface area contributed by atoms with Crippen LogP contribution in [0.15, 0.2) is 24.4 Å². The molecule has 0 spiro atoms. The van der Waals surface area contributed by atoms with Crippen LogP contribution >= 0.6 is 11.6 Å². The van der Waals surface area contributed by atoms with Gasteiger partial charge in [-0.3, -0.25) is 4.68 Å². The van der Waals surface area contributed by atoms with E-state index in [0.29, 0.717) is 11.0 Å². The lowest BCUT2D eigenvalue weighted by atomic mass is 10.3. The minimum absolute atomic E-state index is 0.138. The van der Waals surface area contributed by atoms with E-state index in [1.807, 2.05) is 0 Å². The molecule has 0 saturated carbocycles. The van der Waals surface area contributed by atoms with Crippen LogP contribution in [0.3, 0.4) is 0 Å². The monoisotopic (exact) mass is 310 g/mol. The van der Waals surface area contributed by atoms with Crippen molar-refractivity contribution in [2.75, 3.05) is 0 Å². The lowest BCUT2D eigenvalue weighted by molar-refractivity contribution is 0.276. The molecule has 3 rings (SSSR count). The number of rotatable bonds is 3. The number of aromatic nitrogens is 4. The van der Waals surface area contributed by atoms with Gasteiger partial charge in [-0.2, -0.15) is 9.49 Å². The maximum atomic E-state index is 13.5. The average molecular weight is 311 g/mol. The molecule has 2 aromatic heterocycles. The summed E-state index contributed by atoms with van der Waals surface area (Å²) < 4.78 is 33.3. The minimum atomic E-state index is -1.05. The quantitative estimate of drug-likeness (QED) is 0.698. The summed E-state index contributed by atoms with van der Waals surface area (Å²) in [6.07, 6.45) is 1.55. The molecule has 0 radical (unpaired) electrons. The van der Waals surface area contributed by atoms with Crippen LogP contribution in [0.25, 0.3) is 11.0 Å². The normalized spacial score (nSPS) is 11.0. The number of hydrogen-bond donors (Lipinski definition) is 0. The van der Waals surface area contributed by atoms with E-state index in [4.69, 9.17) is 16.3 Å². The number of aryl methyl sites for hydroxylation is 1. The van der Waals surface area contributed by atoms with Gasteiger partial charge >= 0.3 is 0 Å². The summed E-state index contributed by atoms with van der Waals surface area (Å²) in [6.45, 7) is -0.138. The van der Waals surface area contributed by atoms with Crippen molar-refractivity contribution in [1.82, 2.24) is 19.7 Å². The molecule has 0 unspecified atom stereocenters. The van der Waals surface area contributed by atoms with Gasteiger partial charge in [0.1, 0.15) is 11.8 Å². The highest BCUT2D eigenvalue weighted by Gasteiger charge is 2.12. The van der Waals surface area contributed by atoms with Crippen molar-refractivity contribution in [3.8, 4) is 5.75 Å². The molecule has 21 heavy (non-hydrogen) atoms. The van der Waals surface area contributed by atoms with Crippen LogP contribution in [0.2, 0.25) is 5.15 Å². The van der Waals surface area contributed by atoms with Crippen LogP contribution in [-0.4, -0.2) is 19.7 Å². The molecule has 1 aromatic carbocycles. The molecule has 0 aliphatic rings. The van der Waals surface area contributed by atoms with E-state index in [0.717, 1.165) is 6.07 Å². The molecule has 0 fully saturated rings. The van der Waals surface area contributed by atoms with E-state index in [1.54, 1.807) is 13.2 Å². The summed E-state index contributed by atoms with van der Waals surface area (Å²) in [5.74, 6) is -1.99. The SMILES string of the molecule is Cn1ncc2c(Cl)nc(COc3cccc(F)c3F)nc21. The Morgan fingerprint density at radius 2 is 2.10 bits per heavy atom. The molecule has 8 heteroatoms. The molecule has 0 N–H and O–H groups in total. The fourth-order valence-electron chi connectivity index (χ4n) is 1.83. The summed E-state index contributed by atoms with van der Waals surface area (Å²) in [5.41, 5.74) is 0.535. The Labute approximate surface area is 123 Å². The Hall–Kier alpha value is -2.28. The van der Waals surface area contributed by atoms with Crippen molar-refractivity contribution in [2.45, 2.75) is 6.61 Å². The Morgan fingerprint density at radius 1 is 1.29 bits per heavy atom. The Balaban J connectivity index is 1.88. The van der Waals surface area contributed by atoms with Crippen LogP contribution in [0.5, 0.6) is 5.75 Å². The van der Waals surface area contributed by atoms with Gasteiger partial charge in [-0.25, -0.2) is 14.4 Å². The van der Waals surface area contributed by atoms with E-state index < -0.39 is 11.6 Å². The fourth-order valence-corrected chi connectivity index (χ4v) is 2.06. The smallest absolute Gasteiger partial charge is 0.200 e. The van der Waals surface area contributed by atoms with Crippen molar-refractivity contribution in [2.24, 2.45) is 7.05 Å². The Kier molecular flexibility index (Phi) is 3.42. The average Bonchev–Trinajstić information content (AvgIpc) is 2.83. The molecular formula is C13H9ClF2N4O. The van der Waals surface area contributed by atoms with Gasteiger partial charge in [0.05, 0.1) is 11.6 Å². The molecule has 0 bridgehead atoms. The molecule has 0 amide bonds. The maximum absolute atomic E-state index is 13.5. The zero-order chi connectivity index (χ0) is 15.0. The van der Waals surface area contributed by atoms with Crippen molar-refractivity contribution >= 4 is 22.6 Å². The molecular weight excluding hydrogens is 302 g/mol. The zero-order valence-corrected chi connectivity index (χ0v) is 11.6. The van der Waals surface area contributed by atoms with Crippen LogP contribution in [0.4, 0.5) is 8.78 Å². The second-order valence-corrected chi connectivity index (χ2v) is 4.63. The minimum Gasteiger partial charge on any atom is -0.482 e. The summed E-state index contributed by atoms with van der Waals surface area (Å²) in [5, 5.41) is 4.86. The first-order valence-electron chi connectivity index (χ1n) is 5.97. The molecule has 0 aliphatic carbocycles. The number of benzene rings is 1. The highest BCUT2D eigenvalue weighted by molar-refractivity contribution is 6.33. The lowest BCUT2D eigenvalue weighted by Crippen LogP contribution is -2.05. The summed E-state index contributed by atoms with van der Waals surface area (Å²) in [7, 11) is 1.71. The standard InChI is InChI=1S/C13H9ClF2N4O/c1-20-13-7(5-17-20)12(14)18-10(19-13)6-21-9-4-2-3-8(15)11(9)16/h2-5H,6H2,1H3. The first-order chi connectivity index (χ1) is 10.1. The summed E-state index contributed by atoms with van der Waals surface area (Å²) >= 11 is 6.02. The van der Waals surface area contributed by atoms with Crippen LogP contribution in [0, 0.1) is 11.6 Å². The van der Waals surface area contributed by atoms with Crippen molar-refractivity contribution in [1.29, 1.82) is 0 Å². The van der Waals surface area contributed by atoms with E-state index >= 15 is 0 Å². The Bertz CT molecular complexity index is 821. The predicted octanol–water partition coefficient (Wildman–Crippen LogP) is 2.87. The molecule has 108 valence electrons. The number of hydrogen-bond acceptors (Lipinski definition) is 4. The van der Waals surface area contributed by atoms with Crippen LogP contribution < -0.4 is 4.74 Å². The van der Waals surface area contributed by atoms with Crippen molar-refractivity contribution in [3.63, 3.8) is 0 Å². The fraction of sp³-hybridized carbons (Fsp3) is 0.154. The highest BCUT2D eigenvalue weighted by atomic mass is 35.5. The van der Waals surface area contributed by atoms with Gasteiger partial charge in [0.25, 0.3) is 0 Å². The second kappa shape index (κ2) is 5.25. The summed E-state index contributed by atoms with van der Waals surface area (Å²) in [4.78, 5) is 8.27. The largest absolute Gasteiger partial charge is 0.482 e. The third kappa shape index (κ3) is 2.52.